The first-order chi connectivity index (χ1) is 18.3. The van der Waals surface area contributed by atoms with E-state index in [2.05, 4.69) is 151 Å². The Balaban J connectivity index is 1.20. The number of hydrogen-bond donors (Lipinski definition) is 0. The van der Waals surface area contributed by atoms with Gasteiger partial charge >= 0.3 is 0 Å². The fourth-order valence-electron chi connectivity index (χ4n) is 5.72. The van der Waals surface area contributed by atoms with Crippen molar-refractivity contribution in [3.63, 3.8) is 0 Å². The molecule has 0 radical (unpaired) electrons. The first-order valence-corrected chi connectivity index (χ1v) is 13.0. The summed E-state index contributed by atoms with van der Waals surface area (Å²) in [5, 5.41) is 2.86. The molecule has 0 fully saturated rings. The molecule has 0 N–H and O–H groups in total. The van der Waals surface area contributed by atoms with Crippen LogP contribution in [0.3, 0.4) is 0 Å². The van der Waals surface area contributed by atoms with E-state index in [1.807, 2.05) is 0 Å². The van der Waals surface area contributed by atoms with Gasteiger partial charge in [0.25, 0.3) is 0 Å². The predicted molar refractivity (Wildman–Crippen MR) is 159 cm³/mol. The van der Waals surface area contributed by atoms with Crippen molar-refractivity contribution in [2.45, 2.75) is 12.3 Å². The molecule has 1 heteroatoms. The van der Waals surface area contributed by atoms with Crippen molar-refractivity contribution < 1.29 is 0 Å². The van der Waals surface area contributed by atoms with E-state index in [9.17, 15) is 0 Å². The van der Waals surface area contributed by atoms with Crippen molar-refractivity contribution in [2.24, 2.45) is 0 Å². The third kappa shape index (κ3) is 3.90. The Morgan fingerprint density at radius 1 is 0.595 bits per heavy atom. The van der Waals surface area contributed by atoms with E-state index in [1.165, 1.54) is 38.6 Å². The maximum Gasteiger partial charge on any atom is 0.0462 e. The Kier molecular flexibility index (Phi) is 5.33. The number of para-hydroxylation sites is 2. The highest BCUT2D eigenvalue weighted by atomic mass is 15.1. The zero-order chi connectivity index (χ0) is 24.6. The van der Waals surface area contributed by atoms with Gasteiger partial charge in [0, 0.05) is 23.0 Å². The molecule has 37 heavy (non-hydrogen) atoms. The maximum atomic E-state index is 2.34. The van der Waals surface area contributed by atoms with E-state index < -0.39 is 0 Å². The molecule has 1 nitrogen and oxygen atoms in total. The first-order valence-electron chi connectivity index (χ1n) is 13.0. The van der Waals surface area contributed by atoms with Gasteiger partial charge in [-0.15, -0.1) is 0 Å². The van der Waals surface area contributed by atoms with Crippen LogP contribution in [0.15, 0.2) is 127 Å². The average molecular weight is 474 g/mol. The lowest BCUT2D eigenvalue weighted by Crippen LogP contribution is -2.09. The average Bonchev–Trinajstić information content (AvgIpc) is 2.97. The molecule has 7 rings (SSSR count). The summed E-state index contributed by atoms with van der Waals surface area (Å²) in [6.07, 6.45) is 14.8. The fraction of sp³-hybridized carbons (Fsp3) is 0.0556. The van der Waals surface area contributed by atoms with Gasteiger partial charge in [-0.1, -0.05) is 109 Å². The van der Waals surface area contributed by atoms with E-state index in [0.29, 0.717) is 0 Å². The van der Waals surface area contributed by atoms with Crippen molar-refractivity contribution in [1.29, 1.82) is 0 Å². The van der Waals surface area contributed by atoms with Crippen molar-refractivity contribution in [3.05, 3.63) is 155 Å². The van der Waals surface area contributed by atoms with E-state index >= 15 is 0 Å². The molecule has 0 saturated heterocycles. The van der Waals surface area contributed by atoms with Crippen molar-refractivity contribution >= 4 is 46.1 Å². The first kappa shape index (κ1) is 21.6. The minimum absolute atomic E-state index is 0.271. The lowest BCUT2D eigenvalue weighted by molar-refractivity contribution is 1.10. The molecule has 5 aromatic carbocycles. The standard InChI is InChI=1S/C36H27N/c1-3-10-31(11-4-1)37(32-12-5-2-6-13-32)33-23-15-26(16-24-33)14-17-27-18-19-30-21-20-28-8-7-9-29-22-25-34(27)36(30)35(28)29/h1-8,10-25,27H,9H2. The molecule has 0 bridgehead atoms. The molecule has 1 unspecified atom stereocenters. The Hall–Kier alpha value is -4.62. The van der Waals surface area contributed by atoms with Crippen LogP contribution in [-0.4, -0.2) is 0 Å². The SMILES string of the molecule is C1=Cc2ccc3c4c(ccc(c24)C1)C(C=Cc1ccc(N(c2ccccc2)c2ccccc2)cc1)C=C3. The van der Waals surface area contributed by atoms with Crippen molar-refractivity contribution in [1.82, 2.24) is 0 Å². The quantitative estimate of drug-likeness (QED) is 0.245. The van der Waals surface area contributed by atoms with Crippen LogP contribution in [0.2, 0.25) is 0 Å². The van der Waals surface area contributed by atoms with Crippen LogP contribution in [0.25, 0.3) is 29.0 Å². The largest absolute Gasteiger partial charge is 0.311 e. The topological polar surface area (TPSA) is 3.24 Å². The summed E-state index contributed by atoms with van der Waals surface area (Å²) in [7, 11) is 0. The van der Waals surface area contributed by atoms with Crippen LogP contribution in [-0.2, 0) is 6.42 Å². The molecular formula is C36H27N. The normalized spacial score (nSPS) is 15.4. The molecule has 0 spiro atoms. The number of hydrogen-bond acceptors (Lipinski definition) is 1. The maximum absolute atomic E-state index is 2.34. The summed E-state index contributed by atoms with van der Waals surface area (Å²) >= 11 is 0. The molecule has 5 aromatic rings. The Bertz CT molecular complexity index is 1630. The molecule has 2 aliphatic carbocycles. The smallest absolute Gasteiger partial charge is 0.0462 e. The van der Waals surface area contributed by atoms with Crippen LogP contribution >= 0.6 is 0 Å². The summed E-state index contributed by atoms with van der Waals surface area (Å²) < 4.78 is 0. The minimum Gasteiger partial charge on any atom is -0.311 e. The summed E-state index contributed by atoms with van der Waals surface area (Å²) in [5.74, 6) is 0.271. The lowest BCUT2D eigenvalue weighted by Gasteiger charge is -2.25. The summed E-state index contributed by atoms with van der Waals surface area (Å²) in [6.45, 7) is 0. The number of rotatable bonds is 5. The van der Waals surface area contributed by atoms with E-state index in [0.717, 1.165) is 23.5 Å². The molecule has 1 atom stereocenters. The van der Waals surface area contributed by atoms with Gasteiger partial charge in [0.1, 0.15) is 0 Å². The van der Waals surface area contributed by atoms with Gasteiger partial charge in [0.05, 0.1) is 0 Å². The summed E-state index contributed by atoms with van der Waals surface area (Å²) in [4.78, 5) is 2.29. The zero-order valence-corrected chi connectivity index (χ0v) is 20.6. The van der Waals surface area contributed by atoms with Crippen LogP contribution in [0, 0.1) is 0 Å². The van der Waals surface area contributed by atoms with Gasteiger partial charge < -0.3 is 4.90 Å². The van der Waals surface area contributed by atoms with Crippen LogP contribution in [0.4, 0.5) is 17.1 Å². The van der Waals surface area contributed by atoms with Crippen molar-refractivity contribution in [3.8, 4) is 0 Å². The van der Waals surface area contributed by atoms with Gasteiger partial charge in [-0.3, -0.25) is 0 Å². The molecule has 0 saturated carbocycles. The zero-order valence-electron chi connectivity index (χ0n) is 20.6. The van der Waals surface area contributed by atoms with Crippen LogP contribution in [0.1, 0.15) is 33.7 Å². The van der Waals surface area contributed by atoms with Gasteiger partial charge in [0.15, 0.2) is 0 Å². The highest BCUT2D eigenvalue weighted by molar-refractivity contribution is 6.03. The third-order valence-corrected chi connectivity index (χ3v) is 7.50. The molecule has 0 aliphatic heterocycles. The summed E-state index contributed by atoms with van der Waals surface area (Å²) in [6, 6.07) is 39.1. The Labute approximate surface area is 218 Å². The molecule has 0 heterocycles. The second-order valence-electron chi connectivity index (χ2n) is 9.76. The molecule has 2 aliphatic rings. The van der Waals surface area contributed by atoms with Gasteiger partial charge in [-0.25, -0.2) is 0 Å². The summed E-state index contributed by atoms with van der Waals surface area (Å²) in [5.41, 5.74) is 10.2. The van der Waals surface area contributed by atoms with E-state index in [-0.39, 0.29) is 5.92 Å². The number of nitrogens with zero attached hydrogens (tertiary/aromatic N) is 1. The highest BCUT2D eigenvalue weighted by Crippen LogP contribution is 2.41. The Morgan fingerprint density at radius 2 is 1.24 bits per heavy atom. The third-order valence-electron chi connectivity index (χ3n) is 7.50. The predicted octanol–water partition coefficient (Wildman–Crippen LogP) is 9.70. The monoisotopic (exact) mass is 473 g/mol. The van der Waals surface area contributed by atoms with Gasteiger partial charge in [0.2, 0.25) is 0 Å². The highest BCUT2D eigenvalue weighted by Gasteiger charge is 2.20. The minimum atomic E-state index is 0.271. The van der Waals surface area contributed by atoms with Crippen LogP contribution < -0.4 is 4.90 Å². The van der Waals surface area contributed by atoms with E-state index in [1.54, 1.807) is 0 Å². The van der Waals surface area contributed by atoms with Crippen molar-refractivity contribution in [2.75, 3.05) is 4.90 Å². The molecule has 176 valence electrons. The Morgan fingerprint density at radius 3 is 1.95 bits per heavy atom. The van der Waals surface area contributed by atoms with Gasteiger partial charge in [-0.2, -0.15) is 0 Å². The van der Waals surface area contributed by atoms with Crippen LogP contribution in [0.5, 0.6) is 0 Å². The number of allylic oxidation sites excluding steroid dienone is 3. The fourth-order valence-corrected chi connectivity index (χ4v) is 5.72. The second kappa shape index (κ2) is 9.11. The number of anilines is 3. The molecular weight excluding hydrogens is 446 g/mol. The van der Waals surface area contributed by atoms with E-state index in [4.69, 9.17) is 0 Å². The lowest BCUT2D eigenvalue weighted by atomic mass is 9.81. The number of benzene rings is 5. The molecule has 0 aromatic heterocycles. The van der Waals surface area contributed by atoms with Gasteiger partial charge in [-0.05, 0) is 81.4 Å². The molecule has 0 amide bonds. The second-order valence-corrected chi connectivity index (χ2v) is 9.76.